The predicted octanol–water partition coefficient (Wildman–Crippen LogP) is 0.631. The van der Waals surface area contributed by atoms with Crippen molar-refractivity contribution in [3.8, 4) is 5.75 Å². The van der Waals surface area contributed by atoms with Crippen molar-refractivity contribution in [3.63, 3.8) is 0 Å². The summed E-state index contributed by atoms with van der Waals surface area (Å²) in [4.78, 5) is 2.37. The molecule has 2 N–H and O–H groups in total. The second kappa shape index (κ2) is 6.02. The van der Waals surface area contributed by atoms with Gasteiger partial charge >= 0.3 is 0 Å². The van der Waals surface area contributed by atoms with E-state index in [1.807, 2.05) is 23.0 Å². The first-order chi connectivity index (χ1) is 9.85. The van der Waals surface area contributed by atoms with Crippen LogP contribution in [-0.2, 0) is 19.6 Å². The minimum absolute atomic E-state index is 0.435. The molecular formula is C14H19N5O. The lowest BCUT2D eigenvalue weighted by Crippen LogP contribution is -2.29. The van der Waals surface area contributed by atoms with Gasteiger partial charge in [-0.3, -0.25) is 9.58 Å². The summed E-state index contributed by atoms with van der Waals surface area (Å²) in [5, 5.41) is 8.07. The Morgan fingerprint density at radius 3 is 3.00 bits per heavy atom. The number of rotatable bonds is 4. The van der Waals surface area contributed by atoms with Crippen molar-refractivity contribution in [3.05, 3.63) is 41.7 Å². The highest BCUT2D eigenvalue weighted by molar-refractivity contribution is 5.33. The lowest BCUT2D eigenvalue weighted by molar-refractivity contribution is 0.217. The molecule has 0 unspecified atom stereocenters. The van der Waals surface area contributed by atoms with Crippen LogP contribution in [-0.4, -0.2) is 39.6 Å². The van der Waals surface area contributed by atoms with Crippen LogP contribution in [0.2, 0.25) is 0 Å². The van der Waals surface area contributed by atoms with Gasteiger partial charge in [0.1, 0.15) is 12.4 Å². The highest BCUT2D eigenvalue weighted by atomic mass is 16.5. The zero-order chi connectivity index (χ0) is 13.8. The Hall–Kier alpha value is -1.92. The van der Waals surface area contributed by atoms with E-state index in [1.165, 1.54) is 5.56 Å². The highest BCUT2D eigenvalue weighted by Crippen LogP contribution is 2.22. The Bertz CT molecular complexity index is 568. The molecule has 3 rings (SSSR count). The van der Waals surface area contributed by atoms with Crippen LogP contribution in [0.15, 0.2) is 30.5 Å². The summed E-state index contributed by atoms with van der Waals surface area (Å²) in [7, 11) is 0. The number of aromatic nitrogens is 3. The molecule has 20 heavy (non-hydrogen) atoms. The SMILES string of the molecule is NCc1cn(CCN2CCOc3ccccc3C2)nn1. The van der Waals surface area contributed by atoms with Gasteiger partial charge in [0.15, 0.2) is 0 Å². The molecule has 0 amide bonds. The fourth-order valence-electron chi connectivity index (χ4n) is 2.36. The van der Waals surface area contributed by atoms with Crippen molar-refractivity contribution in [1.82, 2.24) is 19.9 Å². The van der Waals surface area contributed by atoms with E-state index in [0.717, 1.165) is 44.2 Å². The minimum atomic E-state index is 0.435. The van der Waals surface area contributed by atoms with E-state index in [4.69, 9.17) is 10.5 Å². The first-order valence-corrected chi connectivity index (χ1v) is 6.87. The van der Waals surface area contributed by atoms with Crippen LogP contribution in [0.25, 0.3) is 0 Å². The van der Waals surface area contributed by atoms with Gasteiger partial charge in [0.05, 0.1) is 12.2 Å². The second-order valence-corrected chi connectivity index (χ2v) is 4.91. The third-order valence-corrected chi connectivity index (χ3v) is 3.47. The third-order valence-electron chi connectivity index (χ3n) is 3.47. The number of fused-ring (bicyclic) bond motifs is 1. The maximum atomic E-state index is 5.76. The van der Waals surface area contributed by atoms with E-state index < -0.39 is 0 Å². The molecule has 1 aliphatic rings. The summed E-state index contributed by atoms with van der Waals surface area (Å²) in [5.41, 5.74) is 7.60. The maximum Gasteiger partial charge on any atom is 0.123 e. The average molecular weight is 273 g/mol. The summed E-state index contributed by atoms with van der Waals surface area (Å²) in [6.07, 6.45) is 1.91. The Labute approximate surface area is 118 Å². The standard InChI is InChI=1S/C14H19N5O/c15-9-13-11-19(17-16-13)6-5-18-7-8-20-14-4-2-1-3-12(14)10-18/h1-4,11H,5-10,15H2. The molecule has 0 fully saturated rings. The molecule has 0 spiro atoms. The van der Waals surface area contributed by atoms with Crippen molar-refractivity contribution in [2.75, 3.05) is 19.7 Å². The minimum Gasteiger partial charge on any atom is -0.492 e. The molecular weight excluding hydrogens is 254 g/mol. The normalized spacial score (nSPS) is 15.4. The van der Waals surface area contributed by atoms with Gasteiger partial charge in [-0.25, -0.2) is 0 Å². The topological polar surface area (TPSA) is 69.2 Å². The summed E-state index contributed by atoms with van der Waals surface area (Å²) >= 11 is 0. The number of hydrogen-bond acceptors (Lipinski definition) is 5. The van der Waals surface area contributed by atoms with Gasteiger partial charge in [-0.2, -0.15) is 0 Å². The molecule has 2 heterocycles. The summed E-state index contributed by atoms with van der Waals surface area (Å²) < 4.78 is 7.61. The van der Waals surface area contributed by atoms with Gasteiger partial charge in [-0.1, -0.05) is 23.4 Å². The Morgan fingerprint density at radius 2 is 2.15 bits per heavy atom. The van der Waals surface area contributed by atoms with Crippen LogP contribution < -0.4 is 10.5 Å². The zero-order valence-electron chi connectivity index (χ0n) is 11.4. The molecule has 6 heteroatoms. The molecule has 0 radical (unpaired) electrons. The van der Waals surface area contributed by atoms with E-state index in [9.17, 15) is 0 Å². The van der Waals surface area contributed by atoms with E-state index in [1.54, 1.807) is 0 Å². The highest BCUT2D eigenvalue weighted by Gasteiger charge is 2.14. The lowest BCUT2D eigenvalue weighted by atomic mass is 10.2. The van der Waals surface area contributed by atoms with Gasteiger partial charge in [0.25, 0.3) is 0 Å². The largest absolute Gasteiger partial charge is 0.492 e. The number of nitrogens with zero attached hydrogens (tertiary/aromatic N) is 4. The Balaban J connectivity index is 1.61. The molecule has 6 nitrogen and oxygen atoms in total. The summed E-state index contributed by atoms with van der Waals surface area (Å²) in [5.74, 6) is 1.00. The van der Waals surface area contributed by atoms with Crippen LogP contribution in [0, 0.1) is 0 Å². The van der Waals surface area contributed by atoms with E-state index >= 15 is 0 Å². The molecule has 1 aliphatic heterocycles. The van der Waals surface area contributed by atoms with Gasteiger partial charge in [-0.05, 0) is 6.07 Å². The van der Waals surface area contributed by atoms with Gasteiger partial charge in [-0.15, -0.1) is 5.10 Å². The van der Waals surface area contributed by atoms with Crippen molar-refractivity contribution in [2.45, 2.75) is 19.6 Å². The maximum absolute atomic E-state index is 5.76. The fraction of sp³-hybridized carbons (Fsp3) is 0.429. The first-order valence-electron chi connectivity index (χ1n) is 6.87. The van der Waals surface area contributed by atoms with Crippen LogP contribution in [0.5, 0.6) is 5.75 Å². The number of hydrogen-bond donors (Lipinski definition) is 1. The quantitative estimate of drug-likeness (QED) is 0.885. The molecule has 0 bridgehead atoms. The van der Waals surface area contributed by atoms with Gasteiger partial charge in [0, 0.05) is 37.9 Å². The Kier molecular flexibility index (Phi) is 3.94. The number of benzene rings is 1. The van der Waals surface area contributed by atoms with Crippen molar-refractivity contribution < 1.29 is 4.74 Å². The van der Waals surface area contributed by atoms with Crippen LogP contribution >= 0.6 is 0 Å². The van der Waals surface area contributed by atoms with Gasteiger partial charge in [0.2, 0.25) is 0 Å². The smallest absolute Gasteiger partial charge is 0.123 e. The summed E-state index contributed by atoms with van der Waals surface area (Å²) in [6, 6.07) is 8.22. The molecule has 1 aromatic heterocycles. The van der Waals surface area contributed by atoms with Gasteiger partial charge < -0.3 is 10.5 Å². The molecule has 0 atom stereocenters. The molecule has 106 valence electrons. The molecule has 2 aromatic rings. The lowest BCUT2D eigenvalue weighted by Gasteiger charge is -2.18. The monoisotopic (exact) mass is 273 g/mol. The van der Waals surface area contributed by atoms with Crippen molar-refractivity contribution in [1.29, 1.82) is 0 Å². The molecule has 0 aliphatic carbocycles. The van der Waals surface area contributed by atoms with E-state index in [-0.39, 0.29) is 0 Å². The summed E-state index contributed by atoms with van der Waals surface area (Å²) in [6.45, 7) is 4.73. The van der Waals surface area contributed by atoms with Crippen LogP contribution in [0.1, 0.15) is 11.3 Å². The number of para-hydroxylation sites is 1. The second-order valence-electron chi connectivity index (χ2n) is 4.91. The van der Waals surface area contributed by atoms with E-state index in [0.29, 0.717) is 6.54 Å². The van der Waals surface area contributed by atoms with Crippen molar-refractivity contribution in [2.24, 2.45) is 5.73 Å². The Morgan fingerprint density at radius 1 is 1.25 bits per heavy atom. The zero-order valence-corrected chi connectivity index (χ0v) is 11.4. The van der Waals surface area contributed by atoms with Crippen molar-refractivity contribution >= 4 is 0 Å². The molecule has 0 saturated carbocycles. The predicted molar refractivity (Wildman–Crippen MR) is 75.1 cm³/mol. The number of nitrogens with two attached hydrogens (primary N) is 1. The first kappa shape index (κ1) is 13.1. The van der Waals surface area contributed by atoms with E-state index in [2.05, 4.69) is 27.3 Å². The number of ether oxygens (including phenoxy) is 1. The average Bonchev–Trinajstić information content (AvgIpc) is 2.84. The third kappa shape index (κ3) is 2.97. The fourth-order valence-corrected chi connectivity index (χ4v) is 2.36. The van der Waals surface area contributed by atoms with Crippen LogP contribution in [0.3, 0.4) is 0 Å². The molecule has 1 aromatic carbocycles. The van der Waals surface area contributed by atoms with Crippen LogP contribution in [0.4, 0.5) is 0 Å². The molecule has 0 saturated heterocycles.